The van der Waals surface area contributed by atoms with Gasteiger partial charge in [0.25, 0.3) is 5.91 Å². The van der Waals surface area contributed by atoms with E-state index in [-0.39, 0.29) is 5.91 Å². The maximum atomic E-state index is 13.2. The van der Waals surface area contributed by atoms with E-state index in [0.717, 1.165) is 54.2 Å². The van der Waals surface area contributed by atoms with Crippen LogP contribution in [0.15, 0.2) is 24.3 Å². The number of carbonyl (C=O) groups excluding carboxylic acids is 1. The van der Waals surface area contributed by atoms with Crippen LogP contribution < -0.4 is 4.74 Å². The predicted octanol–water partition coefficient (Wildman–Crippen LogP) is 2.23. The molecule has 8 heteroatoms. The molecule has 1 aromatic carbocycles. The van der Waals surface area contributed by atoms with Crippen LogP contribution in [0.25, 0.3) is 10.9 Å². The average Bonchev–Trinajstić information content (AvgIpc) is 3.42. The molecule has 2 aromatic heterocycles. The molecule has 0 bridgehead atoms. The molecule has 0 radical (unpaired) electrons. The maximum Gasteiger partial charge on any atom is 0.270 e. The number of carbonyl (C=O) groups is 1. The Bertz CT molecular complexity index is 1050. The van der Waals surface area contributed by atoms with Crippen molar-refractivity contribution in [2.45, 2.75) is 31.8 Å². The molecule has 4 heterocycles. The number of rotatable bonds is 3. The molecule has 1 amide bonds. The highest BCUT2D eigenvalue weighted by Gasteiger charge is 2.30. The monoisotopic (exact) mass is 394 g/mol. The van der Waals surface area contributed by atoms with Crippen LogP contribution in [0, 0.1) is 0 Å². The van der Waals surface area contributed by atoms with Crippen molar-refractivity contribution in [1.29, 1.82) is 0 Å². The largest absolute Gasteiger partial charge is 0.496 e. The van der Waals surface area contributed by atoms with Crippen molar-refractivity contribution >= 4 is 16.8 Å². The Balaban J connectivity index is 1.37. The quantitative estimate of drug-likeness (QED) is 0.737. The first-order valence-corrected chi connectivity index (χ1v) is 10.2. The molecule has 0 spiro atoms. The number of amides is 1. The van der Waals surface area contributed by atoms with Gasteiger partial charge in [0, 0.05) is 37.0 Å². The molecule has 2 aliphatic heterocycles. The molecule has 2 aliphatic rings. The van der Waals surface area contributed by atoms with Gasteiger partial charge in [-0.1, -0.05) is 6.07 Å². The van der Waals surface area contributed by atoms with Gasteiger partial charge in [-0.25, -0.2) is 0 Å². The van der Waals surface area contributed by atoms with Crippen molar-refractivity contribution in [2.24, 2.45) is 0 Å². The van der Waals surface area contributed by atoms with E-state index >= 15 is 0 Å². The Morgan fingerprint density at radius 1 is 1.21 bits per heavy atom. The normalized spacial score (nSPS) is 20.1. The van der Waals surface area contributed by atoms with Crippen LogP contribution in [-0.4, -0.2) is 69.2 Å². The first-order valence-electron chi connectivity index (χ1n) is 10.2. The lowest BCUT2D eigenvalue weighted by Crippen LogP contribution is -2.34. The summed E-state index contributed by atoms with van der Waals surface area (Å²) in [5.41, 5.74) is 1.50. The molecule has 0 aliphatic carbocycles. The van der Waals surface area contributed by atoms with Gasteiger partial charge in [-0.15, -0.1) is 10.2 Å². The van der Waals surface area contributed by atoms with E-state index in [9.17, 15) is 4.79 Å². The molecule has 152 valence electrons. The summed E-state index contributed by atoms with van der Waals surface area (Å²) >= 11 is 0. The van der Waals surface area contributed by atoms with E-state index in [1.807, 2.05) is 29.2 Å². The van der Waals surface area contributed by atoms with Gasteiger partial charge in [-0.2, -0.15) is 0 Å². The molecule has 0 saturated carbocycles. The fourth-order valence-corrected chi connectivity index (χ4v) is 4.62. The maximum absolute atomic E-state index is 13.2. The molecular formula is C21H26N6O2. The van der Waals surface area contributed by atoms with E-state index in [1.165, 1.54) is 6.42 Å². The molecular weight excluding hydrogens is 368 g/mol. The summed E-state index contributed by atoms with van der Waals surface area (Å²) in [6.45, 7) is 3.13. The number of aromatic amines is 1. The first-order chi connectivity index (χ1) is 14.2. The van der Waals surface area contributed by atoms with Crippen LogP contribution in [0.4, 0.5) is 0 Å². The first kappa shape index (κ1) is 18.2. The molecule has 1 fully saturated rings. The minimum absolute atomic E-state index is 0.0153. The van der Waals surface area contributed by atoms with Crippen molar-refractivity contribution in [2.75, 3.05) is 33.8 Å². The summed E-state index contributed by atoms with van der Waals surface area (Å²) in [6, 6.07) is 8.01. The zero-order valence-electron chi connectivity index (χ0n) is 16.9. The molecule has 8 nitrogen and oxygen atoms in total. The molecule has 1 unspecified atom stereocenters. The fourth-order valence-electron chi connectivity index (χ4n) is 4.62. The Morgan fingerprint density at radius 3 is 2.90 bits per heavy atom. The van der Waals surface area contributed by atoms with Crippen LogP contribution in [0.3, 0.4) is 0 Å². The number of nitrogens with one attached hydrogen (secondary N) is 1. The highest BCUT2D eigenvalue weighted by molar-refractivity contribution is 5.99. The van der Waals surface area contributed by atoms with Crippen molar-refractivity contribution in [3.63, 3.8) is 0 Å². The van der Waals surface area contributed by atoms with Gasteiger partial charge >= 0.3 is 0 Å². The summed E-state index contributed by atoms with van der Waals surface area (Å²) in [4.78, 5) is 20.7. The van der Waals surface area contributed by atoms with Gasteiger partial charge in [0.1, 0.15) is 23.1 Å². The molecule has 1 saturated heterocycles. The van der Waals surface area contributed by atoms with E-state index in [2.05, 4.69) is 31.7 Å². The van der Waals surface area contributed by atoms with E-state index in [4.69, 9.17) is 4.74 Å². The predicted molar refractivity (Wildman–Crippen MR) is 109 cm³/mol. The van der Waals surface area contributed by atoms with Gasteiger partial charge in [0.2, 0.25) is 0 Å². The standard InChI is InChI=1S/C21H26N6O2/c1-25-9-4-6-17(25)20-24-23-19-8-10-26(11-12-27(19)20)21(28)16-13-14-15(22-16)5-3-7-18(14)29-2/h3,5,7,13,17,22H,4,6,8-12H2,1-2H3. The van der Waals surface area contributed by atoms with Gasteiger partial charge in [0.15, 0.2) is 0 Å². The van der Waals surface area contributed by atoms with Crippen molar-refractivity contribution in [3.05, 3.63) is 41.6 Å². The second-order valence-corrected chi connectivity index (χ2v) is 7.91. The highest BCUT2D eigenvalue weighted by Crippen LogP contribution is 2.30. The summed E-state index contributed by atoms with van der Waals surface area (Å²) in [7, 11) is 3.79. The number of methoxy groups -OCH3 is 1. The number of ether oxygens (including phenoxy) is 1. The third-order valence-electron chi connectivity index (χ3n) is 6.24. The van der Waals surface area contributed by atoms with Crippen molar-refractivity contribution in [1.82, 2.24) is 29.5 Å². The fraction of sp³-hybridized carbons (Fsp3) is 0.476. The van der Waals surface area contributed by atoms with Crippen molar-refractivity contribution in [3.8, 4) is 5.75 Å². The Labute approximate surface area is 169 Å². The Hall–Kier alpha value is -2.87. The van der Waals surface area contributed by atoms with Gasteiger partial charge in [-0.05, 0) is 44.6 Å². The number of benzene rings is 1. The van der Waals surface area contributed by atoms with E-state index in [0.29, 0.717) is 24.8 Å². The molecule has 1 atom stereocenters. The van der Waals surface area contributed by atoms with Crippen LogP contribution in [0.1, 0.15) is 41.0 Å². The average molecular weight is 394 g/mol. The van der Waals surface area contributed by atoms with Gasteiger partial charge in [-0.3, -0.25) is 9.69 Å². The minimum atomic E-state index is 0.0153. The number of nitrogens with zero attached hydrogens (tertiary/aromatic N) is 5. The molecule has 5 rings (SSSR count). The number of hydrogen-bond acceptors (Lipinski definition) is 5. The number of aromatic nitrogens is 4. The third-order valence-corrected chi connectivity index (χ3v) is 6.24. The lowest BCUT2D eigenvalue weighted by atomic mass is 10.2. The number of H-pyrrole nitrogens is 1. The van der Waals surface area contributed by atoms with Crippen LogP contribution >= 0.6 is 0 Å². The number of hydrogen-bond donors (Lipinski definition) is 1. The van der Waals surface area contributed by atoms with Crippen LogP contribution in [0.2, 0.25) is 0 Å². The van der Waals surface area contributed by atoms with Crippen LogP contribution in [0.5, 0.6) is 5.75 Å². The van der Waals surface area contributed by atoms with Crippen molar-refractivity contribution < 1.29 is 9.53 Å². The van der Waals surface area contributed by atoms with Crippen LogP contribution in [-0.2, 0) is 13.0 Å². The summed E-state index contributed by atoms with van der Waals surface area (Å²) in [6.07, 6.45) is 3.03. The lowest BCUT2D eigenvalue weighted by molar-refractivity contribution is 0.0753. The van der Waals surface area contributed by atoms with Gasteiger partial charge in [0.05, 0.1) is 13.2 Å². The number of likely N-dealkylation sites (tertiary alicyclic amines) is 1. The smallest absolute Gasteiger partial charge is 0.270 e. The lowest BCUT2D eigenvalue weighted by Gasteiger charge is -2.21. The number of fused-ring (bicyclic) bond motifs is 2. The van der Waals surface area contributed by atoms with E-state index < -0.39 is 0 Å². The highest BCUT2D eigenvalue weighted by atomic mass is 16.5. The molecule has 29 heavy (non-hydrogen) atoms. The second kappa shape index (κ2) is 7.18. The SMILES string of the molecule is COc1cccc2[nH]c(C(=O)N3CCc4nnc(C5CCCN5C)n4CC3)cc12. The topological polar surface area (TPSA) is 79.3 Å². The zero-order chi connectivity index (χ0) is 20.0. The zero-order valence-corrected chi connectivity index (χ0v) is 16.9. The minimum Gasteiger partial charge on any atom is -0.496 e. The molecule has 3 aromatic rings. The summed E-state index contributed by atoms with van der Waals surface area (Å²) < 4.78 is 7.65. The van der Waals surface area contributed by atoms with E-state index in [1.54, 1.807) is 7.11 Å². The second-order valence-electron chi connectivity index (χ2n) is 7.91. The Kier molecular flexibility index (Phi) is 4.50. The summed E-state index contributed by atoms with van der Waals surface area (Å²) in [5.74, 6) is 2.81. The molecule has 1 N–H and O–H groups in total. The Morgan fingerprint density at radius 2 is 2.10 bits per heavy atom. The third kappa shape index (κ3) is 3.07. The van der Waals surface area contributed by atoms with Gasteiger partial charge < -0.3 is 19.2 Å². The summed E-state index contributed by atoms with van der Waals surface area (Å²) in [5, 5.41) is 9.87.